The molecule has 1 aliphatic rings. The number of nitrogens with one attached hydrogen (secondary N) is 1. The number of rotatable bonds is 7. The summed E-state index contributed by atoms with van der Waals surface area (Å²) in [5, 5.41) is 13.7. The van der Waals surface area contributed by atoms with Crippen molar-refractivity contribution in [3.05, 3.63) is 29.3 Å². The number of hydrogen-bond donors (Lipinski definition) is 2. The lowest BCUT2D eigenvalue weighted by Crippen LogP contribution is -2.43. The third kappa shape index (κ3) is 4.50. The van der Waals surface area contributed by atoms with Crippen molar-refractivity contribution in [2.45, 2.75) is 58.1 Å². The summed E-state index contributed by atoms with van der Waals surface area (Å²) in [5.74, 6) is 1.36. The van der Waals surface area contributed by atoms with E-state index in [9.17, 15) is 5.11 Å². The minimum atomic E-state index is -0.830. The fraction of sp³-hybridized carbons (Fsp3) is 0.647. The van der Waals surface area contributed by atoms with Crippen LogP contribution in [0.15, 0.2) is 18.2 Å². The monoisotopic (exact) mass is 277 g/mol. The van der Waals surface area contributed by atoms with Crippen LogP contribution in [0.5, 0.6) is 5.75 Å². The molecule has 1 aliphatic carbocycles. The van der Waals surface area contributed by atoms with Crippen LogP contribution in [0, 0.1) is 6.92 Å². The largest absolute Gasteiger partial charge is 0.490 e. The number of benzene rings is 1. The molecule has 1 atom stereocenters. The van der Waals surface area contributed by atoms with Crippen molar-refractivity contribution >= 4 is 0 Å². The van der Waals surface area contributed by atoms with E-state index in [4.69, 9.17) is 4.74 Å². The quantitative estimate of drug-likeness (QED) is 0.805. The molecular weight excluding hydrogens is 250 g/mol. The van der Waals surface area contributed by atoms with Gasteiger partial charge in [0.2, 0.25) is 0 Å². The molecule has 0 heterocycles. The Morgan fingerprint density at radius 1 is 1.40 bits per heavy atom. The molecule has 0 saturated heterocycles. The van der Waals surface area contributed by atoms with E-state index >= 15 is 0 Å². The van der Waals surface area contributed by atoms with Gasteiger partial charge in [-0.05, 0) is 49.8 Å². The summed E-state index contributed by atoms with van der Waals surface area (Å²) in [5.41, 5.74) is 1.55. The Morgan fingerprint density at radius 3 is 2.70 bits per heavy atom. The maximum atomic E-state index is 10.3. The van der Waals surface area contributed by atoms with Gasteiger partial charge in [0, 0.05) is 12.6 Å². The second-order valence-corrected chi connectivity index (χ2v) is 6.62. The average molecular weight is 277 g/mol. The van der Waals surface area contributed by atoms with Gasteiger partial charge in [0.1, 0.15) is 18.0 Å². The SMILES string of the molecule is Cc1ccc(C(C)C)cc1OCC(C)(O)CNC1CC1. The molecule has 20 heavy (non-hydrogen) atoms. The van der Waals surface area contributed by atoms with Crippen LogP contribution < -0.4 is 10.1 Å². The number of ether oxygens (including phenoxy) is 1. The Bertz CT molecular complexity index is 450. The van der Waals surface area contributed by atoms with Gasteiger partial charge in [-0.25, -0.2) is 0 Å². The third-order valence-electron chi connectivity index (χ3n) is 3.77. The summed E-state index contributed by atoms with van der Waals surface area (Å²) < 4.78 is 5.86. The molecule has 1 fully saturated rings. The summed E-state index contributed by atoms with van der Waals surface area (Å²) in [7, 11) is 0. The summed E-state index contributed by atoms with van der Waals surface area (Å²) in [6.45, 7) is 9.10. The summed E-state index contributed by atoms with van der Waals surface area (Å²) in [4.78, 5) is 0. The van der Waals surface area contributed by atoms with Crippen LogP contribution >= 0.6 is 0 Å². The van der Waals surface area contributed by atoms with E-state index in [1.54, 1.807) is 0 Å². The fourth-order valence-corrected chi connectivity index (χ4v) is 2.07. The van der Waals surface area contributed by atoms with E-state index in [1.807, 2.05) is 13.8 Å². The molecule has 2 rings (SSSR count). The second kappa shape index (κ2) is 6.15. The number of aliphatic hydroxyl groups is 1. The Kier molecular flexibility index (Phi) is 4.71. The molecule has 1 saturated carbocycles. The van der Waals surface area contributed by atoms with Gasteiger partial charge in [-0.3, -0.25) is 0 Å². The maximum absolute atomic E-state index is 10.3. The second-order valence-electron chi connectivity index (χ2n) is 6.62. The molecule has 0 aliphatic heterocycles. The maximum Gasteiger partial charge on any atom is 0.122 e. The zero-order valence-electron chi connectivity index (χ0n) is 13.1. The van der Waals surface area contributed by atoms with Gasteiger partial charge in [0.15, 0.2) is 0 Å². The zero-order valence-corrected chi connectivity index (χ0v) is 13.1. The Labute approximate surface area is 122 Å². The predicted molar refractivity (Wildman–Crippen MR) is 82.4 cm³/mol. The molecule has 1 aromatic carbocycles. The van der Waals surface area contributed by atoms with Crippen LogP contribution in [0.25, 0.3) is 0 Å². The molecule has 3 heteroatoms. The van der Waals surface area contributed by atoms with Crippen LogP contribution in [0.4, 0.5) is 0 Å². The lowest BCUT2D eigenvalue weighted by Gasteiger charge is -2.25. The van der Waals surface area contributed by atoms with Crippen LogP contribution in [0.3, 0.4) is 0 Å². The van der Waals surface area contributed by atoms with Gasteiger partial charge in [-0.1, -0.05) is 26.0 Å². The van der Waals surface area contributed by atoms with E-state index < -0.39 is 5.60 Å². The van der Waals surface area contributed by atoms with E-state index in [0.29, 0.717) is 25.1 Å². The van der Waals surface area contributed by atoms with Crippen molar-refractivity contribution in [3.63, 3.8) is 0 Å². The van der Waals surface area contributed by atoms with Gasteiger partial charge < -0.3 is 15.2 Å². The van der Waals surface area contributed by atoms with Gasteiger partial charge in [-0.2, -0.15) is 0 Å². The van der Waals surface area contributed by atoms with Crippen molar-refractivity contribution < 1.29 is 9.84 Å². The van der Waals surface area contributed by atoms with Gasteiger partial charge >= 0.3 is 0 Å². The summed E-state index contributed by atoms with van der Waals surface area (Å²) in [6, 6.07) is 6.92. The predicted octanol–water partition coefficient (Wildman–Crippen LogP) is 3.00. The minimum Gasteiger partial charge on any atom is -0.490 e. The summed E-state index contributed by atoms with van der Waals surface area (Å²) >= 11 is 0. The third-order valence-corrected chi connectivity index (χ3v) is 3.77. The Hall–Kier alpha value is -1.06. The van der Waals surface area contributed by atoms with Crippen LogP contribution in [0.1, 0.15) is 50.7 Å². The first-order valence-corrected chi connectivity index (χ1v) is 7.56. The fourth-order valence-electron chi connectivity index (χ4n) is 2.07. The zero-order chi connectivity index (χ0) is 14.8. The first-order valence-electron chi connectivity index (χ1n) is 7.56. The van der Waals surface area contributed by atoms with Gasteiger partial charge in [0.05, 0.1) is 0 Å². The summed E-state index contributed by atoms with van der Waals surface area (Å²) in [6.07, 6.45) is 2.46. The smallest absolute Gasteiger partial charge is 0.122 e. The van der Waals surface area contributed by atoms with Crippen molar-refractivity contribution in [1.82, 2.24) is 5.32 Å². The van der Waals surface area contributed by atoms with Gasteiger partial charge in [0.25, 0.3) is 0 Å². The Morgan fingerprint density at radius 2 is 2.10 bits per heavy atom. The molecule has 1 aromatic rings. The van der Waals surface area contributed by atoms with Crippen molar-refractivity contribution in [3.8, 4) is 5.75 Å². The van der Waals surface area contributed by atoms with Crippen LogP contribution in [-0.4, -0.2) is 29.9 Å². The van der Waals surface area contributed by atoms with Crippen molar-refractivity contribution in [2.75, 3.05) is 13.2 Å². The van der Waals surface area contributed by atoms with E-state index in [0.717, 1.165) is 11.3 Å². The average Bonchev–Trinajstić information content (AvgIpc) is 3.19. The highest BCUT2D eigenvalue weighted by molar-refractivity contribution is 5.37. The van der Waals surface area contributed by atoms with Crippen LogP contribution in [0.2, 0.25) is 0 Å². The van der Waals surface area contributed by atoms with Gasteiger partial charge in [-0.15, -0.1) is 0 Å². The van der Waals surface area contributed by atoms with Crippen molar-refractivity contribution in [2.24, 2.45) is 0 Å². The van der Waals surface area contributed by atoms with Crippen LogP contribution in [-0.2, 0) is 0 Å². The standard InChI is InChI=1S/C17H27NO2/c1-12(2)14-6-5-13(3)16(9-14)20-11-17(4,19)10-18-15-7-8-15/h5-6,9,12,15,18-19H,7-8,10-11H2,1-4H3. The first-order chi connectivity index (χ1) is 9.37. The highest BCUT2D eigenvalue weighted by Crippen LogP contribution is 2.25. The highest BCUT2D eigenvalue weighted by Gasteiger charge is 2.27. The number of hydrogen-bond acceptors (Lipinski definition) is 3. The molecule has 0 amide bonds. The topological polar surface area (TPSA) is 41.5 Å². The molecule has 0 bridgehead atoms. The van der Waals surface area contributed by atoms with E-state index in [-0.39, 0.29) is 0 Å². The Balaban J connectivity index is 1.92. The minimum absolute atomic E-state index is 0.315. The highest BCUT2D eigenvalue weighted by atomic mass is 16.5. The molecule has 0 aromatic heterocycles. The molecule has 0 radical (unpaired) electrons. The molecule has 0 spiro atoms. The van der Waals surface area contributed by atoms with E-state index in [2.05, 4.69) is 37.4 Å². The molecule has 2 N–H and O–H groups in total. The first kappa shape index (κ1) is 15.3. The lowest BCUT2D eigenvalue weighted by atomic mass is 10.0. The van der Waals surface area contributed by atoms with Crippen molar-refractivity contribution in [1.29, 1.82) is 0 Å². The molecule has 112 valence electrons. The lowest BCUT2D eigenvalue weighted by molar-refractivity contribution is 0.0118. The molecule has 3 nitrogen and oxygen atoms in total. The van der Waals surface area contributed by atoms with E-state index in [1.165, 1.54) is 18.4 Å². The molecular formula is C17H27NO2. The molecule has 1 unspecified atom stereocenters. The normalized spacial score (nSPS) is 18.1. The number of aryl methyl sites for hydroxylation is 1.